The minimum Gasteiger partial charge on any atom is -0.493 e. The molecule has 3 aromatic heterocycles. The van der Waals surface area contributed by atoms with E-state index < -0.39 is 0 Å². The fourth-order valence-electron chi connectivity index (χ4n) is 7.26. The van der Waals surface area contributed by atoms with Gasteiger partial charge in [0.1, 0.15) is 11.0 Å². The van der Waals surface area contributed by atoms with Gasteiger partial charge in [0.05, 0.1) is 28.4 Å². The van der Waals surface area contributed by atoms with Crippen LogP contribution in [-0.2, 0) is 6.54 Å². The normalized spacial score (nSPS) is 16.3. The molecule has 4 heterocycles. The summed E-state index contributed by atoms with van der Waals surface area (Å²) in [7, 11) is 6.66. The molecule has 1 unspecified atom stereocenters. The van der Waals surface area contributed by atoms with Gasteiger partial charge in [0.25, 0.3) is 0 Å². The first-order valence-corrected chi connectivity index (χ1v) is 17.0. The van der Waals surface area contributed by atoms with Crippen LogP contribution in [0.2, 0.25) is 0 Å². The van der Waals surface area contributed by atoms with Crippen molar-refractivity contribution in [1.82, 2.24) is 19.4 Å². The minimum absolute atomic E-state index is 0.627. The summed E-state index contributed by atoms with van der Waals surface area (Å²) in [5.74, 6) is 3.29. The molecule has 1 fully saturated rings. The Morgan fingerprint density at radius 2 is 1.23 bits per heavy atom. The standard InChI is InChI=1S/C39H48N4O4/c1-27-14-9-7-6-8-10-19-42(24-27)20-13-21-43-25-32(30-22-34(44-2)38(46-4)36-28(30)15-11-17-40-36)33(26-43)31-23-35(45-3)39(47-5)37-29(31)16-12-18-41-37/h11-12,15-18,22-23,25-27H,6-10,13-14,19-21,24H2,1-5H3. The SMILES string of the molecule is COc1cc(-c2cn(CCCN3CCCCCCCC(C)C3)cc2-c2cc(OC)c(OC)c3ncccc23)c2cccnc2c1OC. The molecule has 47 heavy (non-hydrogen) atoms. The van der Waals surface area contributed by atoms with E-state index in [0.29, 0.717) is 23.0 Å². The van der Waals surface area contributed by atoms with Crippen LogP contribution in [0.3, 0.4) is 0 Å². The number of rotatable bonds is 10. The number of hydrogen-bond donors (Lipinski definition) is 0. The van der Waals surface area contributed by atoms with Gasteiger partial charge in [-0.1, -0.05) is 44.7 Å². The second-order valence-corrected chi connectivity index (χ2v) is 12.8. The molecule has 6 rings (SSSR count). The highest BCUT2D eigenvalue weighted by Gasteiger charge is 2.23. The van der Waals surface area contributed by atoms with Gasteiger partial charge in [0.2, 0.25) is 0 Å². The van der Waals surface area contributed by atoms with E-state index in [1.54, 1.807) is 40.8 Å². The maximum absolute atomic E-state index is 5.85. The van der Waals surface area contributed by atoms with Crippen molar-refractivity contribution in [2.45, 2.75) is 58.4 Å². The number of pyridine rings is 2. The Labute approximate surface area is 278 Å². The monoisotopic (exact) mass is 636 g/mol. The zero-order valence-corrected chi connectivity index (χ0v) is 28.6. The van der Waals surface area contributed by atoms with Crippen molar-refractivity contribution < 1.29 is 18.9 Å². The fourth-order valence-corrected chi connectivity index (χ4v) is 7.26. The molecule has 2 aromatic carbocycles. The van der Waals surface area contributed by atoms with Gasteiger partial charge in [-0.25, -0.2) is 0 Å². The molecule has 0 bridgehead atoms. The molecule has 1 aliphatic heterocycles. The summed E-state index contributed by atoms with van der Waals surface area (Å²) >= 11 is 0. The van der Waals surface area contributed by atoms with Gasteiger partial charge in [-0.15, -0.1) is 0 Å². The second-order valence-electron chi connectivity index (χ2n) is 12.8. The van der Waals surface area contributed by atoms with Crippen LogP contribution in [0, 0.1) is 5.92 Å². The number of fused-ring (bicyclic) bond motifs is 2. The Balaban J connectivity index is 1.45. The summed E-state index contributed by atoms with van der Waals surface area (Å²) in [6, 6.07) is 12.3. The summed E-state index contributed by atoms with van der Waals surface area (Å²) in [4.78, 5) is 12.1. The summed E-state index contributed by atoms with van der Waals surface area (Å²) in [6.45, 7) is 6.81. The van der Waals surface area contributed by atoms with Crippen LogP contribution in [0.4, 0.5) is 0 Å². The van der Waals surface area contributed by atoms with E-state index in [9.17, 15) is 0 Å². The molecule has 1 atom stereocenters. The van der Waals surface area contributed by atoms with Gasteiger partial charge in [0, 0.05) is 59.8 Å². The Hall–Kier alpha value is -4.30. The average molecular weight is 637 g/mol. The highest BCUT2D eigenvalue weighted by molar-refractivity contribution is 6.07. The largest absolute Gasteiger partial charge is 0.493 e. The summed E-state index contributed by atoms with van der Waals surface area (Å²) in [5.41, 5.74) is 5.73. The third-order valence-corrected chi connectivity index (χ3v) is 9.56. The van der Waals surface area contributed by atoms with Crippen molar-refractivity contribution in [2.24, 2.45) is 5.92 Å². The third kappa shape index (κ3) is 6.89. The predicted molar refractivity (Wildman–Crippen MR) is 190 cm³/mol. The van der Waals surface area contributed by atoms with E-state index in [1.807, 2.05) is 12.1 Å². The molecule has 248 valence electrons. The van der Waals surface area contributed by atoms with Gasteiger partial charge >= 0.3 is 0 Å². The molecule has 0 radical (unpaired) electrons. The fraction of sp³-hybridized carbons (Fsp3) is 0.436. The number of nitrogens with zero attached hydrogens (tertiary/aromatic N) is 4. The highest BCUT2D eigenvalue weighted by Crippen LogP contribution is 2.47. The van der Waals surface area contributed by atoms with Crippen LogP contribution in [0.25, 0.3) is 44.1 Å². The van der Waals surface area contributed by atoms with Gasteiger partial charge in [-0.05, 0) is 73.7 Å². The van der Waals surface area contributed by atoms with Crippen LogP contribution in [-0.4, -0.2) is 67.5 Å². The lowest BCUT2D eigenvalue weighted by Gasteiger charge is -2.27. The molecule has 0 aliphatic carbocycles. The first-order valence-electron chi connectivity index (χ1n) is 17.0. The van der Waals surface area contributed by atoms with Crippen LogP contribution in [0.1, 0.15) is 51.9 Å². The Morgan fingerprint density at radius 3 is 1.79 bits per heavy atom. The van der Waals surface area contributed by atoms with Gasteiger partial charge < -0.3 is 28.4 Å². The Bertz CT molecular complexity index is 1700. The maximum Gasteiger partial charge on any atom is 0.187 e. The topological polar surface area (TPSA) is 70.9 Å². The molecular weight excluding hydrogens is 588 g/mol. The molecular formula is C39H48N4O4. The summed E-state index contributed by atoms with van der Waals surface area (Å²) < 4.78 is 25.6. The lowest BCUT2D eigenvalue weighted by molar-refractivity contribution is 0.214. The number of benzene rings is 2. The molecule has 8 nitrogen and oxygen atoms in total. The molecule has 8 heteroatoms. The minimum atomic E-state index is 0.627. The van der Waals surface area contributed by atoms with E-state index in [1.165, 1.54) is 51.6 Å². The van der Waals surface area contributed by atoms with Crippen LogP contribution < -0.4 is 18.9 Å². The summed E-state index contributed by atoms with van der Waals surface area (Å²) in [5, 5.41) is 1.99. The van der Waals surface area contributed by atoms with E-state index in [-0.39, 0.29) is 0 Å². The van der Waals surface area contributed by atoms with Crippen molar-refractivity contribution in [1.29, 1.82) is 0 Å². The smallest absolute Gasteiger partial charge is 0.187 e. The second kappa shape index (κ2) is 15.1. The van der Waals surface area contributed by atoms with Crippen LogP contribution >= 0.6 is 0 Å². The molecule has 0 amide bonds. The molecule has 0 N–H and O–H groups in total. The van der Waals surface area contributed by atoms with Gasteiger partial charge in [-0.2, -0.15) is 0 Å². The maximum atomic E-state index is 5.85. The van der Waals surface area contributed by atoms with E-state index in [2.05, 4.69) is 53.0 Å². The number of aromatic nitrogens is 3. The number of methoxy groups -OCH3 is 4. The predicted octanol–water partition coefficient (Wildman–Crippen LogP) is 8.64. The van der Waals surface area contributed by atoms with Gasteiger partial charge in [0.15, 0.2) is 23.0 Å². The first-order chi connectivity index (χ1) is 23.1. The Morgan fingerprint density at radius 1 is 0.681 bits per heavy atom. The van der Waals surface area contributed by atoms with E-state index in [0.717, 1.165) is 69.5 Å². The van der Waals surface area contributed by atoms with Crippen molar-refractivity contribution >= 4 is 21.8 Å². The van der Waals surface area contributed by atoms with Crippen molar-refractivity contribution in [3.05, 3.63) is 61.2 Å². The third-order valence-electron chi connectivity index (χ3n) is 9.56. The molecule has 0 saturated carbocycles. The van der Waals surface area contributed by atoms with Gasteiger partial charge in [-0.3, -0.25) is 9.97 Å². The van der Waals surface area contributed by atoms with Crippen molar-refractivity contribution in [3.63, 3.8) is 0 Å². The molecule has 5 aromatic rings. The lowest BCUT2D eigenvalue weighted by atomic mass is 9.93. The van der Waals surface area contributed by atoms with Crippen LogP contribution in [0.5, 0.6) is 23.0 Å². The quantitative estimate of drug-likeness (QED) is 0.152. The van der Waals surface area contributed by atoms with E-state index >= 15 is 0 Å². The Kier molecular flexibility index (Phi) is 10.5. The molecule has 1 aliphatic rings. The summed E-state index contributed by atoms with van der Waals surface area (Å²) in [6.07, 6.45) is 17.3. The zero-order valence-electron chi connectivity index (χ0n) is 28.6. The number of aryl methyl sites for hydroxylation is 1. The van der Waals surface area contributed by atoms with Crippen molar-refractivity contribution in [2.75, 3.05) is 48.1 Å². The highest BCUT2D eigenvalue weighted by atomic mass is 16.5. The average Bonchev–Trinajstić information content (AvgIpc) is 3.53. The lowest BCUT2D eigenvalue weighted by Crippen LogP contribution is -2.31. The van der Waals surface area contributed by atoms with Crippen LogP contribution in [0.15, 0.2) is 61.2 Å². The van der Waals surface area contributed by atoms with Crippen molar-refractivity contribution in [3.8, 4) is 45.3 Å². The molecule has 1 saturated heterocycles. The first kappa shape index (κ1) is 32.6. The van der Waals surface area contributed by atoms with E-state index in [4.69, 9.17) is 28.9 Å². The molecule has 0 spiro atoms. The number of ether oxygens (including phenoxy) is 4. The zero-order chi connectivity index (χ0) is 32.8. The number of hydrogen-bond acceptors (Lipinski definition) is 7.